The Morgan fingerprint density at radius 2 is 1.75 bits per heavy atom. The van der Waals surface area contributed by atoms with E-state index in [2.05, 4.69) is 45.2 Å². The van der Waals surface area contributed by atoms with Crippen molar-refractivity contribution in [1.82, 2.24) is 0 Å². The molecule has 0 unspecified atom stereocenters. The topological polar surface area (TPSA) is 43.1 Å². The van der Waals surface area contributed by atoms with Crippen molar-refractivity contribution in [3.63, 3.8) is 0 Å². The highest BCUT2D eigenvalue weighted by molar-refractivity contribution is 14.1. The maximum atomic E-state index is 10.5. The number of nitro groups is 1. The molecule has 0 aromatic heterocycles. The third kappa shape index (κ3) is 2.19. The second-order valence-electron chi connectivity index (χ2n) is 1.95. The van der Waals surface area contributed by atoms with Crippen LogP contribution in [-0.2, 0) is 0 Å². The zero-order valence-corrected chi connectivity index (χ0v) is 12.0. The Hall–Kier alpha value is 0.810. The number of hydrogen-bond donors (Lipinski definition) is 0. The molecule has 0 aliphatic rings. The van der Waals surface area contributed by atoms with E-state index in [-0.39, 0.29) is 10.6 Å². The van der Waals surface area contributed by atoms with Gasteiger partial charge in [-0.1, -0.05) is 0 Å². The normalized spacial score (nSPS) is 9.92. The van der Waals surface area contributed by atoms with Gasteiger partial charge in [0.25, 0.3) is 5.69 Å². The first-order valence-electron chi connectivity index (χ1n) is 2.82. The summed E-state index contributed by atoms with van der Waals surface area (Å²) in [7, 11) is 0. The van der Waals surface area contributed by atoms with Gasteiger partial charge in [-0.15, -0.1) is 0 Å². The highest BCUT2D eigenvalue weighted by Gasteiger charge is 2.15. The van der Waals surface area contributed by atoms with Crippen LogP contribution in [0.1, 0.15) is 0 Å². The standard InChI is InChI=1S/C6H2I3NO2/c7-3-1-2-4(10(11)12)6(9)5(3)8/h1-2H. The zero-order valence-electron chi connectivity index (χ0n) is 5.55. The molecular weight excluding hydrogens is 499 g/mol. The smallest absolute Gasteiger partial charge is 0.258 e. The van der Waals surface area contributed by atoms with E-state index < -0.39 is 0 Å². The summed E-state index contributed by atoms with van der Waals surface area (Å²) < 4.78 is 2.70. The van der Waals surface area contributed by atoms with E-state index in [1.165, 1.54) is 6.07 Å². The van der Waals surface area contributed by atoms with E-state index >= 15 is 0 Å². The van der Waals surface area contributed by atoms with Crippen LogP contribution >= 0.6 is 67.8 Å². The van der Waals surface area contributed by atoms with Crippen LogP contribution in [0.4, 0.5) is 5.69 Å². The van der Waals surface area contributed by atoms with E-state index in [9.17, 15) is 10.1 Å². The molecule has 0 fully saturated rings. The molecule has 0 saturated heterocycles. The first kappa shape index (κ1) is 10.9. The fourth-order valence-corrected chi connectivity index (χ4v) is 2.75. The Balaban J connectivity index is 3.36. The van der Waals surface area contributed by atoms with Crippen LogP contribution in [0.5, 0.6) is 0 Å². The van der Waals surface area contributed by atoms with E-state index in [4.69, 9.17) is 0 Å². The lowest BCUT2D eigenvalue weighted by molar-refractivity contribution is -0.385. The zero-order chi connectivity index (χ0) is 9.30. The van der Waals surface area contributed by atoms with E-state index in [0.29, 0.717) is 3.57 Å². The number of nitro benzene ring substituents is 1. The number of hydrogen-bond acceptors (Lipinski definition) is 2. The van der Waals surface area contributed by atoms with Crippen molar-refractivity contribution in [2.24, 2.45) is 0 Å². The van der Waals surface area contributed by atoms with E-state index in [0.717, 1.165) is 7.14 Å². The summed E-state index contributed by atoms with van der Waals surface area (Å²) >= 11 is 6.26. The number of halogens is 3. The van der Waals surface area contributed by atoms with Crippen molar-refractivity contribution >= 4 is 73.5 Å². The van der Waals surface area contributed by atoms with Gasteiger partial charge in [0.1, 0.15) is 3.57 Å². The molecule has 0 atom stereocenters. The van der Waals surface area contributed by atoms with Crippen molar-refractivity contribution in [3.8, 4) is 0 Å². The summed E-state index contributed by atoms with van der Waals surface area (Å²) in [4.78, 5) is 10.1. The lowest BCUT2D eigenvalue weighted by atomic mass is 10.3. The van der Waals surface area contributed by atoms with Crippen LogP contribution < -0.4 is 0 Å². The average molecular weight is 501 g/mol. The molecule has 3 nitrogen and oxygen atoms in total. The Kier molecular flexibility index (Phi) is 3.95. The Bertz CT molecular complexity index is 340. The molecule has 1 rings (SSSR count). The molecule has 6 heteroatoms. The van der Waals surface area contributed by atoms with Gasteiger partial charge in [0.2, 0.25) is 0 Å². The van der Waals surface area contributed by atoms with Gasteiger partial charge in [0, 0.05) is 13.2 Å². The molecule has 0 aliphatic carbocycles. The van der Waals surface area contributed by atoms with Crippen LogP contribution in [0.15, 0.2) is 12.1 Å². The van der Waals surface area contributed by atoms with Crippen LogP contribution in [-0.4, -0.2) is 4.92 Å². The van der Waals surface area contributed by atoms with Gasteiger partial charge < -0.3 is 0 Å². The monoisotopic (exact) mass is 501 g/mol. The van der Waals surface area contributed by atoms with Gasteiger partial charge in [-0.05, 0) is 73.8 Å². The molecular formula is C6H2I3NO2. The summed E-state index contributed by atoms with van der Waals surface area (Å²) in [6, 6.07) is 3.29. The summed E-state index contributed by atoms with van der Waals surface area (Å²) in [6.45, 7) is 0. The molecule has 0 aliphatic heterocycles. The summed E-state index contributed by atoms with van der Waals surface area (Å²) in [5.74, 6) is 0. The van der Waals surface area contributed by atoms with Gasteiger partial charge in [0.15, 0.2) is 0 Å². The predicted molar refractivity (Wildman–Crippen MR) is 71.2 cm³/mol. The molecule has 1 aromatic rings. The molecule has 1 aromatic carbocycles. The van der Waals surface area contributed by atoms with Crippen molar-refractivity contribution < 1.29 is 4.92 Å². The molecule has 64 valence electrons. The summed E-state index contributed by atoms with van der Waals surface area (Å²) in [6.07, 6.45) is 0. The van der Waals surface area contributed by atoms with Gasteiger partial charge >= 0.3 is 0 Å². The van der Waals surface area contributed by atoms with Crippen LogP contribution in [0.2, 0.25) is 0 Å². The highest BCUT2D eigenvalue weighted by atomic mass is 127. The molecule has 0 saturated carbocycles. The fourth-order valence-electron chi connectivity index (χ4n) is 0.657. The minimum atomic E-state index is -0.361. The number of nitrogens with zero attached hydrogens (tertiary/aromatic N) is 1. The average Bonchev–Trinajstić information content (AvgIpc) is 2.00. The van der Waals surface area contributed by atoms with Gasteiger partial charge in [-0.2, -0.15) is 0 Å². The maximum absolute atomic E-state index is 10.5. The second-order valence-corrected chi connectivity index (χ2v) is 5.27. The van der Waals surface area contributed by atoms with E-state index in [1.54, 1.807) is 6.07 Å². The largest absolute Gasteiger partial charge is 0.283 e. The summed E-state index contributed by atoms with van der Waals surface area (Å²) in [5, 5.41) is 10.5. The fraction of sp³-hybridized carbons (Fsp3) is 0. The molecule has 0 heterocycles. The third-order valence-electron chi connectivity index (χ3n) is 1.21. The van der Waals surface area contributed by atoms with Gasteiger partial charge in [-0.3, -0.25) is 10.1 Å². The number of rotatable bonds is 1. The highest BCUT2D eigenvalue weighted by Crippen LogP contribution is 2.28. The predicted octanol–water partition coefficient (Wildman–Crippen LogP) is 3.41. The van der Waals surface area contributed by atoms with Gasteiger partial charge in [0.05, 0.1) is 4.92 Å². The van der Waals surface area contributed by atoms with Crippen LogP contribution in [0.25, 0.3) is 0 Å². The second kappa shape index (κ2) is 4.35. The molecule has 0 N–H and O–H groups in total. The van der Waals surface area contributed by atoms with Crippen molar-refractivity contribution in [2.45, 2.75) is 0 Å². The van der Waals surface area contributed by atoms with Crippen LogP contribution in [0.3, 0.4) is 0 Å². The van der Waals surface area contributed by atoms with Crippen LogP contribution in [0, 0.1) is 20.8 Å². The Morgan fingerprint density at radius 3 is 2.25 bits per heavy atom. The lowest BCUT2D eigenvalue weighted by Gasteiger charge is -1.99. The first-order chi connectivity index (χ1) is 5.54. The Morgan fingerprint density at radius 1 is 1.17 bits per heavy atom. The molecule has 0 bridgehead atoms. The maximum Gasteiger partial charge on any atom is 0.283 e. The van der Waals surface area contributed by atoms with Crippen molar-refractivity contribution in [3.05, 3.63) is 33.0 Å². The number of benzene rings is 1. The molecule has 0 radical (unpaired) electrons. The van der Waals surface area contributed by atoms with Crippen molar-refractivity contribution in [2.75, 3.05) is 0 Å². The first-order valence-corrected chi connectivity index (χ1v) is 6.05. The minimum Gasteiger partial charge on any atom is -0.258 e. The van der Waals surface area contributed by atoms with Gasteiger partial charge in [-0.25, -0.2) is 0 Å². The SMILES string of the molecule is O=[N+]([O-])c1ccc(I)c(I)c1I. The third-order valence-corrected chi connectivity index (χ3v) is 6.39. The molecule has 12 heavy (non-hydrogen) atoms. The molecule has 0 amide bonds. The minimum absolute atomic E-state index is 0.181. The van der Waals surface area contributed by atoms with E-state index in [1.807, 2.05) is 22.6 Å². The lowest BCUT2D eigenvalue weighted by Crippen LogP contribution is -1.95. The summed E-state index contributed by atoms with van der Waals surface area (Å²) in [5.41, 5.74) is 0.181. The Labute approximate surface area is 110 Å². The van der Waals surface area contributed by atoms with Crippen molar-refractivity contribution in [1.29, 1.82) is 0 Å². The quantitative estimate of drug-likeness (QED) is 0.257. The molecule has 0 spiro atoms.